The molecule has 3 rings (SSSR count). The summed E-state index contributed by atoms with van der Waals surface area (Å²) in [6.07, 6.45) is 0. The fourth-order valence-electron chi connectivity index (χ4n) is 2.45. The van der Waals surface area contributed by atoms with Crippen LogP contribution in [-0.2, 0) is 0 Å². The molecule has 22 heavy (non-hydrogen) atoms. The number of aryl methyl sites for hydroxylation is 2. The fourth-order valence-corrected chi connectivity index (χ4v) is 2.98. The molecule has 109 valence electrons. The van der Waals surface area contributed by atoms with E-state index < -0.39 is 0 Å². The Morgan fingerprint density at radius 2 is 1.50 bits per heavy atom. The van der Waals surface area contributed by atoms with Gasteiger partial charge in [0.15, 0.2) is 0 Å². The summed E-state index contributed by atoms with van der Waals surface area (Å²) < 4.78 is 0. The summed E-state index contributed by atoms with van der Waals surface area (Å²) in [5.41, 5.74) is 6.22. The van der Waals surface area contributed by atoms with E-state index in [1.165, 1.54) is 11.1 Å². The molecule has 0 amide bonds. The highest BCUT2D eigenvalue weighted by Gasteiger charge is 2.13. The second kappa shape index (κ2) is 6.16. The second-order valence-corrected chi connectivity index (χ2v) is 6.20. The van der Waals surface area contributed by atoms with Crippen molar-refractivity contribution in [3.63, 3.8) is 0 Å². The zero-order chi connectivity index (χ0) is 15.7. The summed E-state index contributed by atoms with van der Waals surface area (Å²) >= 11 is 13.0. The minimum Gasteiger partial charge on any atom is -0.0820 e. The van der Waals surface area contributed by atoms with Crippen LogP contribution in [0.1, 0.15) is 11.1 Å². The highest BCUT2D eigenvalue weighted by Crippen LogP contribution is 2.39. The van der Waals surface area contributed by atoms with Crippen LogP contribution in [0.15, 0.2) is 54.6 Å². The topological polar surface area (TPSA) is 0 Å². The normalized spacial score (nSPS) is 10.7. The zero-order valence-electron chi connectivity index (χ0n) is 12.5. The highest BCUT2D eigenvalue weighted by atomic mass is 35.5. The minimum atomic E-state index is 0.546. The first kappa shape index (κ1) is 15.1. The number of halogens is 2. The maximum Gasteiger partial charge on any atom is 0.0683 e. The van der Waals surface area contributed by atoms with E-state index in [-0.39, 0.29) is 0 Å². The Balaban J connectivity index is 2.11. The Bertz CT molecular complexity index is 818. The third kappa shape index (κ3) is 2.90. The van der Waals surface area contributed by atoms with Gasteiger partial charge >= 0.3 is 0 Å². The van der Waals surface area contributed by atoms with Crippen LogP contribution in [-0.4, -0.2) is 0 Å². The average Bonchev–Trinajstić information content (AvgIpc) is 2.51. The molecule has 0 aliphatic heterocycles. The van der Waals surface area contributed by atoms with Crippen LogP contribution in [0.2, 0.25) is 10.0 Å². The number of benzene rings is 3. The van der Waals surface area contributed by atoms with Gasteiger partial charge in [-0.2, -0.15) is 0 Å². The SMILES string of the molecule is Cc1ccc(-c2[c]cc(-c3cccc(C)c3)c(Cl)c2Cl)cc1. The van der Waals surface area contributed by atoms with Gasteiger partial charge in [0.25, 0.3) is 0 Å². The van der Waals surface area contributed by atoms with Gasteiger partial charge in [0.05, 0.1) is 10.0 Å². The van der Waals surface area contributed by atoms with E-state index >= 15 is 0 Å². The van der Waals surface area contributed by atoms with E-state index in [4.69, 9.17) is 23.2 Å². The van der Waals surface area contributed by atoms with Crippen LogP contribution in [0, 0.1) is 19.9 Å². The van der Waals surface area contributed by atoms with Crippen LogP contribution in [0.3, 0.4) is 0 Å². The molecular formula is C20H15Cl2. The third-order valence-corrected chi connectivity index (χ3v) is 4.55. The quantitative estimate of drug-likeness (QED) is 0.489. The van der Waals surface area contributed by atoms with Crippen LogP contribution >= 0.6 is 23.2 Å². The first-order valence-corrected chi connectivity index (χ1v) is 7.85. The number of hydrogen-bond donors (Lipinski definition) is 0. The van der Waals surface area contributed by atoms with Crippen molar-refractivity contribution < 1.29 is 0 Å². The first-order valence-electron chi connectivity index (χ1n) is 7.10. The van der Waals surface area contributed by atoms with Crippen molar-refractivity contribution >= 4 is 23.2 Å². The predicted molar refractivity (Wildman–Crippen MR) is 95.6 cm³/mol. The summed E-state index contributed by atoms with van der Waals surface area (Å²) in [5.74, 6) is 0. The lowest BCUT2D eigenvalue weighted by molar-refractivity contribution is 1.46. The fraction of sp³-hybridized carbons (Fsp3) is 0.100. The third-order valence-electron chi connectivity index (χ3n) is 3.68. The van der Waals surface area contributed by atoms with Crippen LogP contribution < -0.4 is 0 Å². The van der Waals surface area contributed by atoms with Gasteiger partial charge < -0.3 is 0 Å². The highest BCUT2D eigenvalue weighted by molar-refractivity contribution is 6.45. The molecular weight excluding hydrogens is 311 g/mol. The molecule has 0 saturated heterocycles. The lowest BCUT2D eigenvalue weighted by Crippen LogP contribution is -1.87. The summed E-state index contributed by atoms with van der Waals surface area (Å²) in [5, 5.41) is 1.12. The molecule has 0 aliphatic rings. The minimum absolute atomic E-state index is 0.546. The molecule has 0 nitrogen and oxygen atoms in total. The van der Waals surface area contributed by atoms with Gasteiger partial charge in [-0.1, -0.05) is 82.9 Å². The smallest absolute Gasteiger partial charge is 0.0683 e. The molecule has 0 N–H and O–H groups in total. The van der Waals surface area contributed by atoms with E-state index in [0.717, 1.165) is 22.3 Å². The van der Waals surface area contributed by atoms with E-state index in [1.54, 1.807) is 0 Å². The van der Waals surface area contributed by atoms with Crippen LogP contribution in [0.4, 0.5) is 0 Å². The van der Waals surface area contributed by atoms with Gasteiger partial charge in [0, 0.05) is 11.1 Å². The van der Waals surface area contributed by atoms with Gasteiger partial charge in [0.2, 0.25) is 0 Å². The van der Waals surface area contributed by atoms with Gasteiger partial charge in [-0.3, -0.25) is 0 Å². The molecule has 3 aromatic carbocycles. The second-order valence-electron chi connectivity index (χ2n) is 5.44. The van der Waals surface area contributed by atoms with Gasteiger partial charge in [-0.25, -0.2) is 0 Å². The van der Waals surface area contributed by atoms with Crippen LogP contribution in [0.25, 0.3) is 22.3 Å². The van der Waals surface area contributed by atoms with E-state index in [0.29, 0.717) is 10.0 Å². The van der Waals surface area contributed by atoms with Gasteiger partial charge in [-0.05, 0) is 37.1 Å². The number of rotatable bonds is 2. The molecule has 0 fully saturated rings. The monoisotopic (exact) mass is 325 g/mol. The Morgan fingerprint density at radius 1 is 0.773 bits per heavy atom. The molecule has 0 atom stereocenters. The summed E-state index contributed by atoms with van der Waals surface area (Å²) in [4.78, 5) is 0. The molecule has 0 spiro atoms. The van der Waals surface area contributed by atoms with Gasteiger partial charge in [-0.15, -0.1) is 0 Å². The number of hydrogen-bond acceptors (Lipinski definition) is 0. The molecule has 1 radical (unpaired) electrons. The molecule has 0 saturated carbocycles. The maximum absolute atomic E-state index is 6.51. The van der Waals surface area contributed by atoms with E-state index in [9.17, 15) is 0 Å². The summed E-state index contributed by atoms with van der Waals surface area (Å²) in [7, 11) is 0. The van der Waals surface area contributed by atoms with Crippen molar-refractivity contribution in [1.82, 2.24) is 0 Å². The molecule has 0 heterocycles. The summed E-state index contributed by atoms with van der Waals surface area (Å²) in [6, 6.07) is 21.6. The Morgan fingerprint density at radius 3 is 2.18 bits per heavy atom. The lowest BCUT2D eigenvalue weighted by Gasteiger charge is -2.11. The van der Waals surface area contributed by atoms with E-state index in [2.05, 4.69) is 44.2 Å². The Kier molecular flexibility index (Phi) is 4.24. The Labute approximate surface area is 141 Å². The van der Waals surface area contributed by atoms with Crippen molar-refractivity contribution in [1.29, 1.82) is 0 Å². The molecule has 2 heteroatoms. The van der Waals surface area contributed by atoms with Crippen molar-refractivity contribution in [3.05, 3.63) is 81.8 Å². The predicted octanol–water partition coefficient (Wildman–Crippen LogP) is 6.74. The molecule has 0 aliphatic carbocycles. The van der Waals surface area contributed by atoms with E-state index in [1.807, 2.05) is 30.3 Å². The molecule has 0 aromatic heterocycles. The average molecular weight is 326 g/mol. The maximum atomic E-state index is 6.51. The van der Waals surface area contributed by atoms with Crippen molar-refractivity contribution in [2.75, 3.05) is 0 Å². The van der Waals surface area contributed by atoms with Gasteiger partial charge in [0.1, 0.15) is 0 Å². The zero-order valence-corrected chi connectivity index (χ0v) is 14.0. The van der Waals surface area contributed by atoms with Crippen molar-refractivity contribution in [2.45, 2.75) is 13.8 Å². The first-order chi connectivity index (χ1) is 10.6. The summed E-state index contributed by atoms with van der Waals surface area (Å²) in [6.45, 7) is 4.12. The van der Waals surface area contributed by atoms with Crippen molar-refractivity contribution in [2.24, 2.45) is 0 Å². The Hall–Kier alpha value is -1.76. The van der Waals surface area contributed by atoms with Crippen molar-refractivity contribution in [3.8, 4) is 22.3 Å². The lowest BCUT2D eigenvalue weighted by atomic mass is 9.98. The molecule has 0 unspecified atom stereocenters. The molecule has 3 aromatic rings. The standard InChI is InChI=1S/C20H15Cl2/c1-13-6-8-15(9-7-13)17-10-11-18(20(22)19(17)21)16-5-3-4-14(2)12-16/h3-9,11-12H,1-2H3. The largest absolute Gasteiger partial charge is 0.0820 e. The molecule has 0 bridgehead atoms. The van der Waals surface area contributed by atoms with Crippen LogP contribution in [0.5, 0.6) is 0 Å².